The van der Waals surface area contributed by atoms with Crippen molar-refractivity contribution in [3.63, 3.8) is 0 Å². The molecule has 1 aliphatic heterocycles. The van der Waals surface area contributed by atoms with Crippen molar-refractivity contribution in [1.82, 2.24) is 25.1 Å². The summed E-state index contributed by atoms with van der Waals surface area (Å²) >= 11 is 0. The van der Waals surface area contributed by atoms with Crippen molar-refractivity contribution in [2.45, 2.75) is 32.0 Å². The number of carbonyl (C=O) groups excluding carboxylic acids is 1. The molecule has 1 amide bonds. The fraction of sp³-hybridized carbons (Fsp3) is 0.259. The lowest BCUT2D eigenvalue weighted by molar-refractivity contribution is 0.102. The van der Waals surface area contributed by atoms with Gasteiger partial charge in [-0.2, -0.15) is 5.10 Å². The van der Waals surface area contributed by atoms with E-state index in [1.807, 2.05) is 29.1 Å². The van der Waals surface area contributed by atoms with Crippen LogP contribution in [0.4, 0.5) is 11.4 Å². The second-order valence-corrected chi connectivity index (χ2v) is 8.77. The molecule has 4 aromatic rings. The maximum Gasteiger partial charge on any atom is 0.275 e. The predicted molar refractivity (Wildman–Crippen MR) is 136 cm³/mol. The lowest BCUT2D eigenvalue weighted by Gasteiger charge is -2.34. The Hall–Kier alpha value is -4.04. The molecule has 0 saturated carbocycles. The van der Waals surface area contributed by atoms with Gasteiger partial charge in [-0.15, -0.1) is 0 Å². The normalized spacial score (nSPS) is 14.1. The second-order valence-electron chi connectivity index (χ2n) is 8.77. The Morgan fingerprint density at radius 3 is 2.49 bits per heavy atom. The average molecular weight is 468 g/mol. The predicted octanol–water partition coefficient (Wildman–Crippen LogP) is 3.73. The lowest BCUT2D eigenvalue weighted by atomic mass is 10.0. The molecule has 0 bridgehead atoms. The minimum Gasteiger partial charge on any atom is -0.371 e. The summed E-state index contributed by atoms with van der Waals surface area (Å²) in [6.07, 6.45) is 10.8. The minimum absolute atomic E-state index is 0.261. The van der Waals surface area contributed by atoms with E-state index < -0.39 is 0 Å². The van der Waals surface area contributed by atoms with Gasteiger partial charge in [0.25, 0.3) is 5.91 Å². The topological polar surface area (TPSA) is 88.0 Å². The molecule has 2 N–H and O–H groups in total. The van der Waals surface area contributed by atoms with Crippen LogP contribution < -0.4 is 15.5 Å². The van der Waals surface area contributed by atoms with E-state index >= 15 is 0 Å². The van der Waals surface area contributed by atoms with Crippen LogP contribution in [0.5, 0.6) is 0 Å². The molecule has 1 fully saturated rings. The monoisotopic (exact) mass is 467 g/mol. The van der Waals surface area contributed by atoms with E-state index in [0.29, 0.717) is 11.7 Å². The van der Waals surface area contributed by atoms with Gasteiger partial charge in [0.2, 0.25) is 0 Å². The third kappa shape index (κ3) is 6.10. The van der Waals surface area contributed by atoms with Crippen LogP contribution in [0, 0.1) is 0 Å². The quantitative estimate of drug-likeness (QED) is 0.411. The van der Waals surface area contributed by atoms with E-state index in [1.54, 1.807) is 6.20 Å². The summed E-state index contributed by atoms with van der Waals surface area (Å²) in [7, 11) is 0. The Balaban J connectivity index is 1.06. The highest BCUT2D eigenvalue weighted by atomic mass is 16.1. The number of aromatic nitrogens is 4. The summed E-state index contributed by atoms with van der Waals surface area (Å²) < 4.78 is 1.99. The number of anilines is 2. The van der Waals surface area contributed by atoms with Crippen LogP contribution in [-0.4, -0.2) is 44.8 Å². The Morgan fingerprint density at radius 2 is 1.74 bits per heavy atom. The van der Waals surface area contributed by atoms with Crippen LogP contribution in [0.1, 0.15) is 34.5 Å². The number of amides is 1. The maximum absolute atomic E-state index is 12.2. The van der Waals surface area contributed by atoms with Crippen LogP contribution in [0.3, 0.4) is 0 Å². The minimum atomic E-state index is -0.261. The van der Waals surface area contributed by atoms with Crippen LogP contribution in [-0.2, 0) is 13.1 Å². The molecule has 2 aromatic carbocycles. The largest absolute Gasteiger partial charge is 0.371 e. The first-order valence-corrected chi connectivity index (χ1v) is 11.9. The molecular formula is C27H29N7O. The number of nitrogens with zero attached hydrogens (tertiary/aromatic N) is 5. The van der Waals surface area contributed by atoms with Gasteiger partial charge in [0.15, 0.2) is 0 Å². The van der Waals surface area contributed by atoms with E-state index in [1.165, 1.54) is 29.2 Å². The van der Waals surface area contributed by atoms with Crippen molar-refractivity contribution in [1.29, 1.82) is 0 Å². The fourth-order valence-corrected chi connectivity index (χ4v) is 4.33. The van der Waals surface area contributed by atoms with Crippen molar-refractivity contribution in [3.8, 4) is 0 Å². The van der Waals surface area contributed by atoms with Gasteiger partial charge in [0, 0.05) is 61.2 Å². The summed E-state index contributed by atoms with van der Waals surface area (Å²) in [5.74, 6) is -0.261. The molecule has 0 atom stereocenters. The van der Waals surface area contributed by atoms with E-state index in [0.717, 1.165) is 44.7 Å². The molecule has 0 unspecified atom stereocenters. The second kappa shape index (κ2) is 10.9. The first kappa shape index (κ1) is 22.7. The molecule has 1 aliphatic rings. The molecule has 0 aliphatic carbocycles. The Labute approximate surface area is 205 Å². The first-order valence-electron chi connectivity index (χ1n) is 11.9. The van der Waals surface area contributed by atoms with Crippen molar-refractivity contribution >= 4 is 17.3 Å². The summed E-state index contributed by atoms with van der Waals surface area (Å²) in [4.78, 5) is 22.6. The standard InChI is InChI=1S/C27H29N7O/c35-27(26-18-28-12-13-29-26)32-24-6-8-25(9-7-24)33-14-10-23(11-15-33)30-16-22-17-31-34(20-22)19-21-4-2-1-3-5-21/h1-9,12-13,17-18,20,23,30H,10-11,14-16,19H2,(H,32,35). The molecule has 178 valence electrons. The van der Waals surface area contributed by atoms with E-state index in [2.05, 4.69) is 73.2 Å². The van der Waals surface area contributed by atoms with Crippen molar-refractivity contribution in [3.05, 3.63) is 102 Å². The third-order valence-corrected chi connectivity index (χ3v) is 6.25. The number of hydrogen-bond acceptors (Lipinski definition) is 6. The number of carbonyl (C=O) groups is 1. The van der Waals surface area contributed by atoms with Crippen molar-refractivity contribution < 1.29 is 4.79 Å². The summed E-state index contributed by atoms with van der Waals surface area (Å²) in [5, 5.41) is 11.1. The van der Waals surface area contributed by atoms with Gasteiger partial charge >= 0.3 is 0 Å². The molecule has 3 heterocycles. The third-order valence-electron chi connectivity index (χ3n) is 6.25. The Bertz CT molecular complexity index is 1220. The summed E-state index contributed by atoms with van der Waals surface area (Å²) in [5.41, 5.74) is 4.68. The molecule has 8 nitrogen and oxygen atoms in total. The number of rotatable bonds is 8. The SMILES string of the molecule is O=C(Nc1ccc(N2CCC(NCc3cnn(Cc4ccccc4)c3)CC2)cc1)c1cnccn1. The smallest absolute Gasteiger partial charge is 0.275 e. The average Bonchev–Trinajstić information content (AvgIpc) is 3.36. The molecule has 35 heavy (non-hydrogen) atoms. The molecule has 0 radical (unpaired) electrons. The molecule has 0 spiro atoms. The molecule has 1 saturated heterocycles. The van der Waals surface area contributed by atoms with Crippen LogP contribution in [0.25, 0.3) is 0 Å². The van der Waals surface area contributed by atoms with Gasteiger partial charge in [0.1, 0.15) is 5.69 Å². The van der Waals surface area contributed by atoms with Gasteiger partial charge in [-0.25, -0.2) is 4.98 Å². The van der Waals surface area contributed by atoms with E-state index in [4.69, 9.17) is 0 Å². The molecule has 2 aromatic heterocycles. The van der Waals surface area contributed by atoms with Crippen molar-refractivity contribution in [2.24, 2.45) is 0 Å². The van der Waals surface area contributed by atoms with Gasteiger partial charge in [-0.05, 0) is 42.7 Å². The van der Waals surface area contributed by atoms with Crippen molar-refractivity contribution in [2.75, 3.05) is 23.3 Å². The highest BCUT2D eigenvalue weighted by molar-refractivity contribution is 6.02. The van der Waals surface area contributed by atoms with Gasteiger partial charge < -0.3 is 15.5 Å². The zero-order valence-electron chi connectivity index (χ0n) is 19.5. The summed E-state index contributed by atoms with van der Waals surface area (Å²) in [6.45, 7) is 3.62. The first-order chi connectivity index (χ1) is 17.2. The lowest BCUT2D eigenvalue weighted by Crippen LogP contribution is -2.42. The number of benzene rings is 2. The zero-order chi connectivity index (χ0) is 23.9. The fourth-order valence-electron chi connectivity index (χ4n) is 4.33. The molecule has 8 heteroatoms. The number of nitrogens with one attached hydrogen (secondary N) is 2. The van der Waals surface area contributed by atoms with E-state index in [9.17, 15) is 4.79 Å². The molecular weight excluding hydrogens is 438 g/mol. The van der Waals surface area contributed by atoms with Gasteiger partial charge in [-0.3, -0.25) is 14.5 Å². The Morgan fingerprint density at radius 1 is 0.943 bits per heavy atom. The Kier molecular flexibility index (Phi) is 7.10. The highest BCUT2D eigenvalue weighted by Gasteiger charge is 2.19. The van der Waals surface area contributed by atoms with E-state index in [-0.39, 0.29) is 5.91 Å². The van der Waals surface area contributed by atoms with Crippen LogP contribution in [0.2, 0.25) is 0 Å². The van der Waals surface area contributed by atoms with Gasteiger partial charge in [-0.1, -0.05) is 30.3 Å². The summed E-state index contributed by atoms with van der Waals surface area (Å²) in [6, 6.07) is 18.9. The maximum atomic E-state index is 12.2. The zero-order valence-corrected chi connectivity index (χ0v) is 19.5. The van der Waals surface area contributed by atoms with Crippen LogP contribution >= 0.6 is 0 Å². The highest BCUT2D eigenvalue weighted by Crippen LogP contribution is 2.22. The van der Waals surface area contributed by atoms with Gasteiger partial charge in [0.05, 0.1) is 18.9 Å². The number of piperidine rings is 1. The number of hydrogen-bond donors (Lipinski definition) is 2. The molecule has 5 rings (SSSR count). The van der Waals surface area contributed by atoms with Crippen LogP contribution in [0.15, 0.2) is 85.6 Å².